The average molecular weight is 257 g/mol. The number of hydrogen-bond acceptors (Lipinski definition) is 5. The van der Waals surface area contributed by atoms with Crippen LogP contribution in [0.2, 0.25) is 0 Å². The van der Waals surface area contributed by atoms with E-state index in [1.165, 1.54) is 39.3 Å². The first kappa shape index (κ1) is 13.4. The molecule has 0 radical (unpaired) electrons. The third-order valence-electron chi connectivity index (χ3n) is 4.39. The van der Waals surface area contributed by atoms with E-state index in [1.54, 1.807) is 0 Å². The van der Waals surface area contributed by atoms with E-state index in [0.29, 0.717) is 0 Å². The molecule has 0 aromatic heterocycles. The molecular weight excluding hydrogens is 230 g/mol. The number of fused-ring (bicyclic) bond motifs is 6. The Morgan fingerprint density at radius 2 is 1.06 bits per heavy atom. The molecule has 3 aliphatic rings. The van der Waals surface area contributed by atoms with E-state index in [2.05, 4.69) is 58.4 Å². The van der Waals surface area contributed by atoms with Gasteiger partial charge in [0, 0.05) is 39.3 Å². The Balaban J connectivity index is 2.40. The zero-order chi connectivity index (χ0) is 12.6. The first-order valence-electron chi connectivity index (χ1n) is 6.53. The van der Waals surface area contributed by atoms with Crippen LogP contribution in [0.1, 0.15) is 0 Å². The summed E-state index contributed by atoms with van der Waals surface area (Å²) < 4.78 is 10.3. The highest BCUT2D eigenvalue weighted by Crippen LogP contribution is 2.22. The van der Waals surface area contributed by atoms with E-state index >= 15 is 0 Å². The van der Waals surface area contributed by atoms with Gasteiger partial charge in [0.25, 0.3) is 0 Å². The number of nitrogens with zero attached hydrogens (tertiary/aromatic N) is 5. The van der Waals surface area contributed by atoms with Gasteiger partial charge in [-0.3, -0.25) is 23.2 Å². The van der Waals surface area contributed by atoms with Gasteiger partial charge in [-0.1, -0.05) is 0 Å². The maximum absolute atomic E-state index is 2.61. The van der Waals surface area contributed by atoms with E-state index in [4.69, 9.17) is 0 Å². The molecule has 0 unspecified atom stereocenters. The molecule has 0 atom stereocenters. The summed E-state index contributed by atoms with van der Waals surface area (Å²) in [5.41, 5.74) is 0. The highest BCUT2D eigenvalue weighted by atomic mass is 28.4. The summed E-state index contributed by atoms with van der Waals surface area (Å²) in [4.78, 5) is 2.59. The maximum Gasteiger partial charge on any atom is 0.375 e. The fourth-order valence-electron chi connectivity index (χ4n) is 3.56. The minimum absolute atomic E-state index is 1.18. The molecule has 0 aromatic carbocycles. The zero-order valence-electron chi connectivity index (χ0n) is 12.0. The van der Waals surface area contributed by atoms with Crippen LogP contribution < -0.4 is 0 Å². The van der Waals surface area contributed by atoms with Crippen LogP contribution >= 0.6 is 0 Å². The molecule has 3 saturated heterocycles. The van der Waals surface area contributed by atoms with Gasteiger partial charge in [0.05, 0.1) is 0 Å². The van der Waals surface area contributed by atoms with Crippen LogP contribution in [0.4, 0.5) is 0 Å². The number of rotatable bonds is 1. The fraction of sp³-hybridized carbons (Fsp3) is 1.00. The van der Waals surface area contributed by atoms with Crippen molar-refractivity contribution in [3.05, 3.63) is 0 Å². The summed E-state index contributed by atoms with van der Waals surface area (Å²) in [7, 11) is 9.58. The third-order valence-corrected chi connectivity index (χ3v) is 9.33. The van der Waals surface area contributed by atoms with E-state index in [0.717, 1.165) is 0 Å². The van der Waals surface area contributed by atoms with Crippen molar-refractivity contribution in [2.45, 2.75) is 0 Å². The first-order valence-corrected chi connectivity index (χ1v) is 8.32. The van der Waals surface area contributed by atoms with Gasteiger partial charge in [-0.05, 0) is 35.2 Å². The predicted molar refractivity (Wildman–Crippen MR) is 73.8 cm³/mol. The molecule has 0 saturated carbocycles. The van der Waals surface area contributed by atoms with E-state index in [-0.39, 0.29) is 0 Å². The normalized spacial score (nSPS) is 38.1. The summed E-state index contributed by atoms with van der Waals surface area (Å²) in [6.45, 7) is 7.21. The van der Waals surface area contributed by atoms with Crippen molar-refractivity contribution in [2.24, 2.45) is 0 Å². The number of likely N-dealkylation sites (N-methyl/N-ethyl adjacent to an activating group) is 3. The Kier molecular flexibility index (Phi) is 3.91. The lowest BCUT2D eigenvalue weighted by Gasteiger charge is -2.56. The van der Waals surface area contributed by atoms with Gasteiger partial charge in [-0.2, -0.15) is 0 Å². The molecule has 100 valence electrons. The lowest BCUT2D eigenvalue weighted by atomic mass is 10.4. The smallest absolute Gasteiger partial charge is 0.300 e. The monoisotopic (exact) mass is 257 g/mol. The van der Waals surface area contributed by atoms with Gasteiger partial charge >= 0.3 is 8.72 Å². The lowest BCUT2D eigenvalue weighted by molar-refractivity contribution is 0.128. The van der Waals surface area contributed by atoms with Crippen LogP contribution in [-0.2, 0) is 0 Å². The van der Waals surface area contributed by atoms with E-state index < -0.39 is 8.72 Å². The highest BCUT2D eigenvalue weighted by molar-refractivity contribution is 6.68. The quantitative estimate of drug-likeness (QED) is 0.565. The Hall–Kier alpha value is 0.0169. The number of hydrogen-bond donors (Lipinski definition) is 0. The predicted octanol–water partition coefficient (Wildman–Crippen LogP) is -0.892. The van der Waals surface area contributed by atoms with Gasteiger partial charge < -0.3 is 0 Å². The van der Waals surface area contributed by atoms with Gasteiger partial charge in [0.2, 0.25) is 0 Å². The largest absolute Gasteiger partial charge is 0.375 e. The van der Waals surface area contributed by atoms with E-state index in [1.807, 2.05) is 0 Å². The standard InChI is InChI=1S/C11H27N5Si/c1-12(2)17-13(3)6-9-16(10-7-14(17)4)11-8-15(17)5/h6-11H2,1-5H3. The Labute approximate surface area is 107 Å². The van der Waals surface area contributed by atoms with Crippen molar-refractivity contribution < 1.29 is 0 Å². The van der Waals surface area contributed by atoms with Crippen molar-refractivity contribution in [2.75, 3.05) is 74.5 Å². The molecule has 3 heterocycles. The van der Waals surface area contributed by atoms with Gasteiger partial charge in [0.15, 0.2) is 0 Å². The molecule has 6 heteroatoms. The van der Waals surface area contributed by atoms with Crippen LogP contribution in [0.15, 0.2) is 0 Å². The second kappa shape index (κ2) is 4.95. The summed E-state index contributed by atoms with van der Waals surface area (Å²) in [6.07, 6.45) is 0. The second-order valence-corrected chi connectivity index (χ2v) is 9.99. The van der Waals surface area contributed by atoms with Crippen molar-refractivity contribution in [1.29, 1.82) is 0 Å². The lowest BCUT2D eigenvalue weighted by Crippen LogP contribution is -2.82. The zero-order valence-corrected chi connectivity index (χ0v) is 13.0. The van der Waals surface area contributed by atoms with Gasteiger partial charge in [-0.25, -0.2) is 0 Å². The van der Waals surface area contributed by atoms with Crippen LogP contribution in [0.25, 0.3) is 0 Å². The summed E-state index contributed by atoms with van der Waals surface area (Å²) >= 11 is 0. The average Bonchev–Trinajstić information content (AvgIpc) is 2.24. The Morgan fingerprint density at radius 3 is 1.35 bits per heavy atom. The molecule has 0 N–H and O–H groups in total. The Bertz CT molecular complexity index is 237. The minimum Gasteiger partial charge on any atom is -0.300 e. The van der Waals surface area contributed by atoms with Crippen LogP contribution in [0.3, 0.4) is 0 Å². The van der Waals surface area contributed by atoms with Crippen molar-refractivity contribution >= 4 is 8.72 Å². The topological polar surface area (TPSA) is 16.2 Å². The van der Waals surface area contributed by atoms with Gasteiger partial charge in [0.1, 0.15) is 0 Å². The molecule has 2 bridgehead atoms. The van der Waals surface area contributed by atoms with Crippen molar-refractivity contribution in [3.8, 4) is 0 Å². The highest BCUT2D eigenvalue weighted by Gasteiger charge is 2.51. The molecule has 3 aliphatic heterocycles. The molecule has 3 rings (SSSR count). The summed E-state index contributed by atoms with van der Waals surface area (Å²) in [5, 5.41) is 0. The second-order valence-electron chi connectivity index (χ2n) is 5.60. The maximum atomic E-state index is 2.61. The van der Waals surface area contributed by atoms with Crippen LogP contribution in [-0.4, -0.2) is 106 Å². The Morgan fingerprint density at radius 1 is 0.706 bits per heavy atom. The van der Waals surface area contributed by atoms with Crippen molar-refractivity contribution in [1.82, 2.24) is 23.2 Å². The van der Waals surface area contributed by atoms with Gasteiger partial charge in [-0.15, -0.1) is 0 Å². The third kappa shape index (κ3) is 2.07. The molecule has 0 aliphatic carbocycles. The first-order chi connectivity index (χ1) is 7.99. The molecular formula is C11H27N5Si. The van der Waals surface area contributed by atoms with E-state index in [9.17, 15) is 0 Å². The molecule has 0 aromatic rings. The van der Waals surface area contributed by atoms with Crippen LogP contribution in [0.5, 0.6) is 0 Å². The van der Waals surface area contributed by atoms with Crippen molar-refractivity contribution in [3.63, 3.8) is 0 Å². The van der Waals surface area contributed by atoms with Crippen LogP contribution in [0, 0.1) is 0 Å². The summed E-state index contributed by atoms with van der Waals surface area (Å²) in [5.74, 6) is 0. The fourth-order valence-corrected chi connectivity index (χ4v) is 8.56. The minimum atomic E-state index is -1.81. The summed E-state index contributed by atoms with van der Waals surface area (Å²) in [6, 6.07) is 0. The molecule has 0 amide bonds. The SMILES string of the molecule is CN(C)[Si]12N(C)CCN(CCN1C)CCN2C. The molecule has 3 fully saturated rings. The molecule has 17 heavy (non-hydrogen) atoms. The molecule has 0 spiro atoms. The molecule has 5 nitrogen and oxygen atoms in total.